The number of nitrogens with zero attached hydrogens (tertiary/aromatic N) is 1. The van der Waals surface area contributed by atoms with Gasteiger partial charge in [0.2, 0.25) is 5.88 Å². The van der Waals surface area contributed by atoms with Crippen molar-refractivity contribution in [2.24, 2.45) is 5.73 Å². The molecule has 88 valence electrons. The first kappa shape index (κ1) is 11.5. The van der Waals surface area contributed by atoms with Crippen LogP contribution in [0.5, 0.6) is 11.6 Å². The predicted octanol–water partition coefficient (Wildman–Crippen LogP) is 2.78. The number of hydrogen-bond donors (Lipinski definition) is 1. The van der Waals surface area contributed by atoms with Crippen molar-refractivity contribution in [3.8, 4) is 11.6 Å². The third-order valence-electron chi connectivity index (χ3n) is 2.43. The van der Waals surface area contributed by atoms with Crippen LogP contribution in [0.3, 0.4) is 0 Å². The molecule has 2 N–H and O–H groups in total. The molecule has 2 aromatic rings. The van der Waals surface area contributed by atoms with Gasteiger partial charge in [-0.3, -0.25) is 0 Å². The van der Waals surface area contributed by atoms with Crippen LogP contribution in [0.25, 0.3) is 0 Å². The number of rotatable bonds is 3. The van der Waals surface area contributed by atoms with Crippen LogP contribution in [0.1, 0.15) is 11.1 Å². The Hall–Kier alpha value is -1.94. The standard InChI is InChI=1S/C13H13FN2O/c1-9-4-5-11(7-12(9)14)17-13-10(8-15)3-2-6-16-13/h2-7H,8,15H2,1H3. The molecule has 17 heavy (non-hydrogen) atoms. The van der Waals surface area contributed by atoms with Crippen LogP contribution in [0.4, 0.5) is 4.39 Å². The molecule has 0 atom stereocenters. The van der Waals surface area contributed by atoms with Crippen LogP contribution in [0, 0.1) is 12.7 Å². The number of benzene rings is 1. The highest BCUT2D eigenvalue weighted by Crippen LogP contribution is 2.24. The second kappa shape index (κ2) is 4.93. The molecule has 1 aromatic heterocycles. The summed E-state index contributed by atoms with van der Waals surface area (Å²) in [5, 5.41) is 0. The molecule has 3 nitrogen and oxygen atoms in total. The van der Waals surface area contributed by atoms with Crippen molar-refractivity contribution in [2.75, 3.05) is 0 Å². The largest absolute Gasteiger partial charge is 0.439 e. The van der Waals surface area contributed by atoms with E-state index in [-0.39, 0.29) is 5.82 Å². The summed E-state index contributed by atoms with van der Waals surface area (Å²) >= 11 is 0. The highest BCUT2D eigenvalue weighted by molar-refractivity contribution is 5.34. The second-order valence-electron chi connectivity index (χ2n) is 3.68. The molecular formula is C13H13FN2O. The van der Waals surface area contributed by atoms with Gasteiger partial charge in [0.25, 0.3) is 0 Å². The molecule has 0 unspecified atom stereocenters. The van der Waals surface area contributed by atoms with Gasteiger partial charge in [-0.2, -0.15) is 0 Å². The SMILES string of the molecule is Cc1ccc(Oc2ncccc2CN)cc1F. The van der Waals surface area contributed by atoms with Gasteiger partial charge < -0.3 is 10.5 Å². The number of aryl methyl sites for hydroxylation is 1. The van der Waals surface area contributed by atoms with Crippen LogP contribution in [0.15, 0.2) is 36.5 Å². The zero-order valence-corrected chi connectivity index (χ0v) is 9.48. The van der Waals surface area contributed by atoms with E-state index in [0.29, 0.717) is 23.7 Å². The topological polar surface area (TPSA) is 48.1 Å². The smallest absolute Gasteiger partial charge is 0.223 e. The van der Waals surface area contributed by atoms with Crippen LogP contribution in [-0.2, 0) is 6.54 Å². The lowest BCUT2D eigenvalue weighted by Crippen LogP contribution is -2.01. The Kier molecular flexibility index (Phi) is 3.35. The number of aromatic nitrogens is 1. The van der Waals surface area contributed by atoms with Crippen LogP contribution >= 0.6 is 0 Å². The first-order valence-corrected chi connectivity index (χ1v) is 5.28. The monoisotopic (exact) mass is 232 g/mol. The second-order valence-corrected chi connectivity index (χ2v) is 3.68. The van der Waals surface area contributed by atoms with Gasteiger partial charge in [-0.15, -0.1) is 0 Å². The summed E-state index contributed by atoms with van der Waals surface area (Å²) < 4.78 is 18.8. The minimum atomic E-state index is -0.298. The lowest BCUT2D eigenvalue weighted by Gasteiger charge is -2.08. The molecule has 0 bridgehead atoms. The Bertz CT molecular complexity index is 529. The molecule has 0 amide bonds. The van der Waals surface area contributed by atoms with Gasteiger partial charge in [-0.05, 0) is 24.6 Å². The van der Waals surface area contributed by atoms with Crippen molar-refractivity contribution in [1.29, 1.82) is 0 Å². The fraction of sp³-hybridized carbons (Fsp3) is 0.154. The first-order chi connectivity index (χ1) is 8.20. The summed E-state index contributed by atoms with van der Waals surface area (Å²) in [6, 6.07) is 8.31. The number of pyridine rings is 1. The van der Waals surface area contributed by atoms with Crippen molar-refractivity contribution in [3.63, 3.8) is 0 Å². The Morgan fingerprint density at radius 3 is 2.88 bits per heavy atom. The van der Waals surface area contributed by atoms with Gasteiger partial charge in [0.05, 0.1) is 0 Å². The molecule has 0 aliphatic rings. The predicted molar refractivity (Wildman–Crippen MR) is 63.3 cm³/mol. The van der Waals surface area contributed by atoms with E-state index in [9.17, 15) is 4.39 Å². The quantitative estimate of drug-likeness (QED) is 0.885. The molecule has 4 heteroatoms. The zero-order chi connectivity index (χ0) is 12.3. The minimum absolute atomic E-state index is 0.298. The molecule has 0 fully saturated rings. The van der Waals surface area contributed by atoms with Gasteiger partial charge in [0.15, 0.2) is 0 Å². The number of halogens is 1. The average molecular weight is 232 g/mol. The van der Waals surface area contributed by atoms with E-state index in [1.807, 2.05) is 6.07 Å². The Morgan fingerprint density at radius 1 is 1.35 bits per heavy atom. The number of hydrogen-bond acceptors (Lipinski definition) is 3. The third-order valence-corrected chi connectivity index (χ3v) is 2.43. The molecule has 0 saturated carbocycles. The molecule has 1 aromatic carbocycles. The molecular weight excluding hydrogens is 219 g/mol. The molecule has 0 aliphatic heterocycles. The summed E-state index contributed by atoms with van der Waals surface area (Å²) in [7, 11) is 0. The Balaban J connectivity index is 2.28. The van der Waals surface area contributed by atoms with Gasteiger partial charge in [0, 0.05) is 24.4 Å². The summed E-state index contributed by atoms with van der Waals surface area (Å²) in [5.74, 6) is 0.535. The van der Waals surface area contributed by atoms with Gasteiger partial charge >= 0.3 is 0 Å². The summed E-state index contributed by atoms with van der Waals surface area (Å²) in [6.07, 6.45) is 1.61. The van der Waals surface area contributed by atoms with Crippen molar-refractivity contribution < 1.29 is 9.13 Å². The van der Waals surface area contributed by atoms with E-state index in [2.05, 4.69) is 4.98 Å². The van der Waals surface area contributed by atoms with E-state index in [1.54, 1.807) is 31.3 Å². The molecule has 0 saturated heterocycles. The normalized spacial score (nSPS) is 10.3. The van der Waals surface area contributed by atoms with Gasteiger partial charge in [0.1, 0.15) is 11.6 Å². The zero-order valence-electron chi connectivity index (χ0n) is 9.48. The lowest BCUT2D eigenvalue weighted by molar-refractivity contribution is 0.451. The van der Waals surface area contributed by atoms with E-state index < -0.39 is 0 Å². The van der Waals surface area contributed by atoms with Crippen molar-refractivity contribution in [1.82, 2.24) is 4.98 Å². The van der Waals surface area contributed by atoms with E-state index in [1.165, 1.54) is 6.07 Å². The van der Waals surface area contributed by atoms with E-state index >= 15 is 0 Å². The fourth-order valence-electron chi connectivity index (χ4n) is 1.42. The van der Waals surface area contributed by atoms with E-state index in [0.717, 1.165) is 5.56 Å². The summed E-state index contributed by atoms with van der Waals surface area (Å²) in [4.78, 5) is 4.07. The van der Waals surface area contributed by atoms with Crippen molar-refractivity contribution in [3.05, 3.63) is 53.5 Å². The molecule has 0 radical (unpaired) electrons. The highest BCUT2D eigenvalue weighted by atomic mass is 19.1. The van der Waals surface area contributed by atoms with Crippen molar-refractivity contribution >= 4 is 0 Å². The summed E-state index contributed by atoms with van der Waals surface area (Å²) in [5.41, 5.74) is 6.93. The fourth-order valence-corrected chi connectivity index (χ4v) is 1.42. The molecule has 2 rings (SSSR count). The van der Waals surface area contributed by atoms with Crippen LogP contribution in [0.2, 0.25) is 0 Å². The third kappa shape index (κ3) is 2.60. The average Bonchev–Trinajstić information content (AvgIpc) is 2.34. The van der Waals surface area contributed by atoms with Gasteiger partial charge in [-0.25, -0.2) is 9.37 Å². The molecule has 0 spiro atoms. The molecule has 0 aliphatic carbocycles. The number of nitrogens with two attached hydrogens (primary N) is 1. The first-order valence-electron chi connectivity index (χ1n) is 5.28. The highest BCUT2D eigenvalue weighted by Gasteiger charge is 2.06. The molecule has 1 heterocycles. The maximum absolute atomic E-state index is 13.3. The maximum atomic E-state index is 13.3. The Labute approximate surface area is 99.1 Å². The van der Waals surface area contributed by atoms with Crippen LogP contribution < -0.4 is 10.5 Å². The summed E-state index contributed by atoms with van der Waals surface area (Å²) in [6.45, 7) is 2.03. The Morgan fingerprint density at radius 2 is 2.18 bits per heavy atom. The van der Waals surface area contributed by atoms with Crippen LogP contribution in [-0.4, -0.2) is 4.98 Å². The lowest BCUT2D eigenvalue weighted by atomic mass is 10.2. The maximum Gasteiger partial charge on any atom is 0.223 e. The van der Waals surface area contributed by atoms with E-state index in [4.69, 9.17) is 10.5 Å². The van der Waals surface area contributed by atoms with Crippen molar-refractivity contribution in [2.45, 2.75) is 13.5 Å². The minimum Gasteiger partial charge on any atom is -0.439 e. The number of ether oxygens (including phenoxy) is 1. The van der Waals surface area contributed by atoms with Gasteiger partial charge in [-0.1, -0.05) is 12.1 Å².